The zero-order valence-corrected chi connectivity index (χ0v) is 17.0. The minimum atomic E-state index is 0.653. The molecule has 0 amide bonds. The molecule has 2 aromatic rings. The maximum Gasteiger partial charge on any atom is 0.135 e. The van der Waals surface area contributed by atoms with Gasteiger partial charge in [-0.2, -0.15) is 0 Å². The van der Waals surface area contributed by atoms with E-state index in [9.17, 15) is 0 Å². The van der Waals surface area contributed by atoms with Crippen molar-refractivity contribution in [2.75, 3.05) is 49.1 Å². The highest BCUT2D eigenvalue weighted by atomic mass is 15.3. The summed E-state index contributed by atoms with van der Waals surface area (Å²) < 4.78 is 0. The lowest BCUT2D eigenvalue weighted by molar-refractivity contribution is 0.166. The van der Waals surface area contributed by atoms with E-state index in [1.165, 1.54) is 47.6 Å². The van der Waals surface area contributed by atoms with Crippen molar-refractivity contribution in [1.29, 1.82) is 0 Å². The van der Waals surface area contributed by atoms with Gasteiger partial charge < -0.3 is 9.80 Å². The van der Waals surface area contributed by atoms with Crippen LogP contribution in [0.1, 0.15) is 36.1 Å². The van der Waals surface area contributed by atoms with Gasteiger partial charge in [0.25, 0.3) is 0 Å². The molecule has 148 valence electrons. The second-order valence-corrected chi connectivity index (χ2v) is 8.53. The molecule has 2 saturated heterocycles. The lowest BCUT2D eigenvalue weighted by Gasteiger charge is -2.44. The van der Waals surface area contributed by atoms with Crippen LogP contribution < -0.4 is 9.80 Å². The highest BCUT2D eigenvalue weighted by Gasteiger charge is 2.30. The molecule has 0 spiro atoms. The number of aromatic nitrogens is 2. The number of piperidine rings is 1. The van der Waals surface area contributed by atoms with E-state index in [0.29, 0.717) is 6.04 Å². The second kappa shape index (κ2) is 7.70. The summed E-state index contributed by atoms with van der Waals surface area (Å²) in [7, 11) is 0. The number of nitrogens with zero attached hydrogens (tertiary/aromatic N) is 5. The molecule has 1 aliphatic carbocycles. The van der Waals surface area contributed by atoms with Crippen molar-refractivity contribution in [3.63, 3.8) is 0 Å². The normalized spacial score (nSPS) is 23.1. The molecule has 1 atom stereocenters. The third kappa shape index (κ3) is 3.37. The number of benzene rings is 1. The third-order valence-corrected chi connectivity index (χ3v) is 6.84. The zero-order chi connectivity index (χ0) is 18.9. The summed E-state index contributed by atoms with van der Waals surface area (Å²) >= 11 is 0. The Kier molecular flexibility index (Phi) is 4.93. The van der Waals surface area contributed by atoms with E-state index in [2.05, 4.69) is 50.9 Å². The van der Waals surface area contributed by atoms with Crippen LogP contribution in [0.25, 0.3) is 0 Å². The van der Waals surface area contributed by atoms with E-state index in [0.717, 1.165) is 52.1 Å². The first-order valence-corrected chi connectivity index (χ1v) is 10.9. The summed E-state index contributed by atoms with van der Waals surface area (Å²) in [4.78, 5) is 17.1. The van der Waals surface area contributed by atoms with E-state index >= 15 is 0 Å². The number of piperazine rings is 1. The van der Waals surface area contributed by atoms with Crippen molar-refractivity contribution in [3.05, 3.63) is 47.4 Å². The second-order valence-electron chi connectivity index (χ2n) is 8.53. The molecule has 2 aliphatic heterocycles. The lowest BCUT2D eigenvalue weighted by atomic mass is 10.0. The fourth-order valence-electron chi connectivity index (χ4n) is 5.31. The van der Waals surface area contributed by atoms with Gasteiger partial charge in [0.15, 0.2) is 0 Å². The molecular formula is C23H31N5. The fraction of sp³-hybridized carbons (Fsp3) is 0.565. The van der Waals surface area contributed by atoms with E-state index in [1.54, 1.807) is 6.33 Å². The van der Waals surface area contributed by atoms with Gasteiger partial charge in [0.05, 0.1) is 0 Å². The Bertz CT molecular complexity index is 827. The van der Waals surface area contributed by atoms with Gasteiger partial charge in [0, 0.05) is 62.3 Å². The molecule has 1 aromatic carbocycles. The first-order valence-electron chi connectivity index (χ1n) is 10.9. The molecule has 5 heteroatoms. The first-order chi connectivity index (χ1) is 13.8. The molecule has 5 nitrogen and oxygen atoms in total. The molecule has 3 aliphatic rings. The minimum absolute atomic E-state index is 0.653. The molecule has 0 bridgehead atoms. The predicted molar refractivity (Wildman–Crippen MR) is 114 cm³/mol. The molecule has 5 rings (SSSR count). The van der Waals surface area contributed by atoms with E-state index < -0.39 is 0 Å². The Labute approximate surface area is 168 Å². The van der Waals surface area contributed by atoms with Crippen molar-refractivity contribution in [2.45, 2.75) is 45.1 Å². The average Bonchev–Trinajstić information content (AvgIpc) is 3.23. The van der Waals surface area contributed by atoms with Crippen LogP contribution in [0.3, 0.4) is 0 Å². The summed E-state index contributed by atoms with van der Waals surface area (Å²) in [6.45, 7) is 9.07. The Hall–Kier alpha value is -2.14. The van der Waals surface area contributed by atoms with Crippen LogP contribution in [-0.4, -0.2) is 60.2 Å². The molecule has 3 heterocycles. The molecule has 1 aromatic heterocycles. The molecule has 0 radical (unpaired) electrons. The Morgan fingerprint density at radius 1 is 0.893 bits per heavy atom. The number of hydrogen-bond acceptors (Lipinski definition) is 5. The van der Waals surface area contributed by atoms with Crippen molar-refractivity contribution < 1.29 is 0 Å². The topological polar surface area (TPSA) is 35.5 Å². The highest BCUT2D eigenvalue weighted by Crippen LogP contribution is 2.31. The Morgan fingerprint density at radius 3 is 2.61 bits per heavy atom. The number of para-hydroxylation sites is 1. The van der Waals surface area contributed by atoms with Gasteiger partial charge in [-0.25, -0.2) is 9.97 Å². The summed E-state index contributed by atoms with van der Waals surface area (Å²) in [5.41, 5.74) is 5.51. The summed E-state index contributed by atoms with van der Waals surface area (Å²) in [5, 5.41) is 0. The average molecular weight is 378 g/mol. The summed E-state index contributed by atoms with van der Waals surface area (Å²) in [6.07, 6.45) is 7.88. The van der Waals surface area contributed by atoms with Crippen LogP contribution in [0, 0.1) is 6.92 Å². The number of hydrogen-bond donors (Lipinski definition) is 0. The van der Waals surface area contributed by atoms with Gasteiger partial charge in [0.2, 0.25) is 0 Å². The zero-order valence-electron chi connectivity index (χ0n) is 17.0. The Balaban J connectivity index is 1.24. The summed E-state index contributed by atoms with van der Waals surface area (Å²) in [5.74, 6) is 1.23. The summed E-state index contributed by atoms with van der Waals surface area (Å²) in [6, 6.07) is 9.44. The van der Waals surface area contributed by atoms with Crippen LogP contribution >= 0.6 is 0 Å². The molecule has 0 N–H and O–H groups in total. The van der Waals surface area contributed by atoms with Crippen LogP contribution in [0.4, 0.5) is 11.5 Å². The number of anilines is 2. The minimum Gasteiger partial charge on any atom is -0.369 e. The number of aryl methyl sites for hydroxylation is 2. The first kappa shape index (κ1) is 17.9. The SMILES string of the molecule is Cc1ccccc1N1CCN(C2CCCN(c3ncnc4c3CCC4)C2)CC1. The van der Waals surface area contributed by atoms with Crippen LogP contribution in [0.5, 0.6) is 0 Å². The van der Waals surface area contributed by atoms with Gasteiger partial charge in [-0.05, 0) is 50.7 Å². The fourth-order valence-corrected chi connectivity index (χ4v) is 5.31. The van der Waals surface area contributed by atoms with E-state index in [1.807, 2.05) is 0 Å². The molecule has 28 heavy (non-hydrogen) atoms. The van der Waals surface area contributed by atoms with Crippen LogP contribution in [0.15, 0.2) is 30.6 Å². The van der Waals surface area contributed by atoms with Gasteiger partial charge in [-0.15, -0.1) is 0 Å². The smallest absolute Gasteiger partial charge is 0.135 e. The van der Waals surface area contributed by atoms with Gasteiger partial charge in [-0.1, -0.05) is 18.2 Å². The molecule has 0 saturated carbocycles. The predicted octanol–water partition coefficient (Wildman–Crippen LogP) is 3.06. The van der Waals surface area contributed by atoms with E-state index in [-0.39, 0.29) is 0 Å². The van der Waals surface area contributed by atoms with Crippen molar-refractivity contribution in [1.82, 2.24) is 14.9 Å². The van der Waals surface area contributed by atoms with Crippen molar-refractivity contribution in [3.8, 4) is 0 Å². The van der Waals surface area contributed by atoms with Crippen LogP contribution in [0.2, 0.25) is 0 Å². The molecular weight excluding hydrogens is 346 g/mol. The van der Waals surface area contributed by atoms with Crippen molar-refractivity contribution >= 4 is 11.5 Å². The monoisotopic (exact) mass is 377 g/mol. The standard InChI is InChI=1S/C23H31N5/c1-18-6-2-3-10-22(18)27-14-12-26(13-15-27)19-7-5-11-28(16-19)23-20-8-4-9-21(20)24-17-25-23/h2-3,6,10,17,19H,4-5,7-9,11-16H2,1H3. The largest absolute Gasteiger partial charge is 0.369 e. The van der Waals surface area contributed by atoms with Gasteiger partial charge >= 0.3 is 0 Å². The van der Waals surface area contributed by atoms with Gasteiger partial charge in [-0.3, -0.25) is 4.90 Å². The quantitative estimate of drug-likeness (QED) is 0.821. The van der Waals surface area contributed by atoms with Crippen LogP contribution in [-0.2, 0) is 12.8 Å². The lowest BCUT2D eigenvalue weighted by Crippen LogP contribution is -2.55. The van der Waals surface area contributed by atoms with Crippen molar-refractivity contribution in [2.24, 2.45) is 0 Å². The molecule has 1 unspecified atom stereocenters. The number of rotatable bonds is 3. The number of fused-ring (bicyclic) bond motifs is 1. The maximum absolute atomic E-state index is 4.70. The Morgan fingerprint density at radius 2 is 1.75 bits per heavy atom. The third-order valence-electron chi connectivity index (χ3n) is 6.84. The van der Waals surface area contributed by atoms with E-state index in [4.69, 9.17) is 4.98 Å². The molecule has 2 fully saturated rings. The van der Waals surface area contributed by atoms with Gasteiger partial charge in [0.1, 0.15) is 12.1 Å². The maximum atomic E-state index is 4.70. The highest BCUT2D eigenvalue weighted by molar-refractivity contribution is 5.53.